The first-order valence-corrected chi connectivity index (χ1v) is 5.34. The molecule has 0 atom stereocenters. The first-order chi connectivity index (χ1) is 7.39. The summed E-state index contributed by atoms with van der Waals surface area (Å²) in [7, 11) is 0. The van der Waals surface area contributed by atoms with E-state index in [1.54, 1.807) is 6.92 Å². The Bertz CT molecular complexity index is 444. The van der Waals surface area contributed by atoms with Crippen LogP contribution in [0.5, 0.6) is 0 Å². The zero-order chi connectivity index (χ0) is 11.9. The molecule has 0 aromatic carbocycles. The largest absolute Gasteiger partial charge is 0.325 e. The van der Waals surface area contributed by atoms with Crippen molar-refractivity contribution >= 4 is 21.8 Å². The van der Waals surface area contributed by atoms with E-state index in [-0.39, 0.29) is 5.69 Å². The second-order valence-corrected chi connectivity index (χ2v) is 4.49. The molecule has 2 heterocycles. The minimum Gasteiger partial charge on any atom is -0.325 e. The van der Waals surface area contributed by atoms with E-state index in [4.69, 9.17) is 0 Å². The molecule has 1 aromatic heterocycles. The highest BCUT2D eigenvalue weighted by Gasteiger charge is 2.47. The first kappa shape index (κ1) is 11.4. The topological polar surface area (TPSA) is 46.1 Å². The van der Waals surface area contributed by atoms with Crippen molar-refractivity contribution in [2.45, 2.75) is 12.8 Å². The van der Waals surface area contributed by atoms with Crippen molar-refractivity contribution in [1.29, 1.82) is 0 Å². The Hall–Kier alpha value is -1.11. The lowest BCUT2D eigenvalue weighted by Gasteiger charge is -2.38. The van der Waals surface area contributed by atoms with Gasteiger partial charge in [-0.3, -0.25) is 4.79 Å². The zero-order valence-electron chi connectivity index (χ0n) is 8.38. The monoisotopic (exact) mass is 291 g/mol. The average Bonchev–Trinajstić information content (AvgIpc) is 2.17. The number of carbonyl (C=O) groups excluding carboxylic acids is 1. The van der Waals surface area contributed by atoms with Gasteiger partial charge in [0.1, 0.15) is 11.5 Å². The SMILES string of the molecule is Cc1ncc(Br)c(C(=O)N2CC(F)(F)C2)n1. The molecule has 1 aromatic rings. The van der Waals surface area contributed by atoms with Crippen molar-refractivity contribution in [3.8, 4) is 0 Å². The molecule has 1 saturated heterocycles. The van der Waals surface area contributed by atoms with Crippen LogP contribution in [-0.2, 0) is 0 Å². The summed E-state index contributed by atoms with van der Waals surface area (Å²) in [6, 6.07) is 0. The fourth-order valence-electron chi connectivity index (χ4n) is 1.41. The summed E-state index contributed by atoms with van der Waals surface area (Å²) in [5.74, 6) is -2.83. The van der Waals surface area contributed by atoms with Gasteiger partial charge in [0.25, 0.3) is 11.8 Å². The first-order valence-electron chi connectivity index (χ1n) is 4.55. The molecule has 0 saturated carbocycles. The molecule has 0 radical (unpaired) electrons. The van der Waals surface area contributed by atoms with Crippen molar-refractivity contribution in [2.75, 3.05) is 13.1 Å². The van der Waals surface area contributed by atoms with Gasteiger partial charge in [0.05, 0.1) is 17.6 Å². The standard InChI is InChI=1S/C9H8BrF2N3O/c1-5-13-2-6(10)7(14-5)8(16)15-3-9(11,12)4-15/h2H,3-4H2,1H3. The van der Waals surface area contributed by atoms with Gasteiger partial charge in [-0.1, -0.05) is 0 Å². The fourth-order valence-corrected chi connectivity index (χ4v) is 1.77. The van der Waals surface area contributed by atoms with Crippen LogP contribution >= 0.6 is 15.9 Å². The van der Waals surface area contributed by atoms with Crippen LogP contribution in [-0.4, -0.2) is 39.8 Å². The minimum atomic E-state index is -2.76. The maximum atomic E-state index is 12.6. The predicted octanol–water partition coefficient (Wildman–Crippen LogP) is 1.64. The van der Waals surface area contributed by atoms with Crippen LogP contribution in [0.15, 0.2) is 10.7 Å². The Morgan fingerprint density at radius 3 is 2.75 bits per heavy atom. The summed E-state index contributed by atoms with van der Waals surface area (Å²) in [6.45, 7) is 0.552. The van der Waals surface area contributed by atoms with Gasteiger partial charge in [-0.25, -0.2) is 18.7 Å². The average molecular weight is 292 g/mol. The highest BCUT2D eigenvalue weighted by molar-refractivity contribution is 9.10. The lowest BCUT2D eigenvalue weighted by atomic mass is 10.1. The molecule has 1 aliphatic rings. The summed E-state index contributed by atoms with van der Waals surface area (Å²) in [4.78, 5) is 20.6. The summed E-state index contributed by atoms with van der Waals surface area (Å²) >= 11 is 3.12. The minimum absolute atomic E-state index is 0.128. The maximum Gasteiger partial charge on any atom is 0.282 e. The molecule has 4 nitrogen and oxygen atoms in total. The summed E-state index contributed by atoms with van der Waals surface area (Å²) in [5.41, 5.74) is 0.128. The third-order valence-corrected chi connectivity index (χ3v) is 2.78. The number of aromatic nitrogens is 2. The Kier molecular flexibility index (Phi) is 2.65. The van der Waals surface area contributed by atoms with E-state index < -0.39 is 24.9 Å². The Labute approximate surface area is 98.8 Å². The van der Waals surface area contributed by atoms with E-state index in [9.17, 15) is 13.6 Å². The van der Waals surface area contributed by atoms with Crippen molar-refractivity contribution in [3.63, 3.8) is 0 Å². The van der Waals surface area contributed by atoms with Crippen LogP contribution in [0.1, 0.15) is 16.3 Å². The van der Waals surface area contributed by atoms with Crippen molar-refractivity contribution in [3.05, 3.63) is 22.2 Å². The molecule has 16 heavy (non-hydrogen) atoms. The number of aryl methyl sites for hydroxylation is 1. The number of rotatable bonds is 1. The molecule has 1 fully saturated rings. The van der Waals surface area contributed by atoms with Crippen molar-refractivity contribution in [1.82, 2.24) is 14.9 Å². The van der Waals surface area contributed by atoms with Crippen LogP contribution in [0.25, 0.3) is 0 Å². The molecule has 1 aliphatic heterocycles. The number of amides is 1. The van der Waals surface area contributed by atoms with E-state index in [1.165, 1.54) is 6.20 Å². The number of halogens is 3. The molecule has 1 amide bonds. The summed E-state index contributed by atoms with van der Waals surface area (Å²) in [6.07, 6.45) is 1.44. The summed E-state index contributed by atoms with van der Waals surface area (Å²) < 4.78 is 25.6. The van der Waals surface area contributed by atoms with Crippen LogP contribution in [0.4, 0.5) is 8.78 Å². The molecular weight excluding hydrogens is 284 g/mol. The van der Waals surface area contributed by atoms with Gasteiger partial charge < -0.3 is 4.90 Å². The summed E-state index contributed by atoms with van der Waals surface area (Å²) in [5, 5.41) is 0. The van der Waals surface area contributed by atoms with Gasteiger partial charge in [-0.15, -0.1) is 0 Å². The smallest absolute Gasteiger partial charge is 0.282 e. The fraction of sp³-hybridized carbons (Fsp3) is 0.444. The Morgan fingerprint density at radius 2 is 2.19 bits per heavy atom. The van der Waals surface area contributed by atoms with E-state index in [1.807, 2.05) is 0 Å². The second-order valence-electron chi connectivity index (χ2n) is 3.63. The molecule has 0 N–H and O–H groups in total. The normalized spacial score (nSPS) is 18.1. The molecule has 7 heteroatoms. The lowest BCUT2D eigenvalue weighted by Crippen LogP contribution is -2.58. The zero-order valence-corrected chi connectivity index (χ0v) is 9.96. The molecule has 0 aliphatic carbocycles. The van der Waals surface area contributed by atoms with Gasteiger partial charge in [0.15, 0.2) is 0 Å². The third-order valence-electron chi connectivity index (χ3n) is 2.20. The highest BCUT2D eigenvalue weighted by Crippen LogP contribution is 2.28. The number of hydrogen-bond acceptors (Lipinski definition) is 3. The van der Waals surface area contributed by atoms with Crippen molar-refractivity contribution in [2.24, 2.45) is 0 Å². The lowest BCUT2D eigenvalue weighted by molar-refractivity contribution is -0.113. The third kappa shape index (κ3) is 2.04. The Balaban J connectivity index is 2.19. The van der Waals surface area contributed by atoms with Gasteiger partial charge in [-0.05, 0) is 22.9 Å². The van der Waals surface area contributed by atoms with Crippen LogP contribution in [0.3, 0.4) is 0 Å². The van der Waals surface area contributed by atoms with Gasteiger partial charge in [0.2, 0.25) is 0 Å². The number of likely N-dealkylation sites (tertiary alicyclic amines) is 1. The van der Waals surface area contributed by atoms with Crippen molar-refractivity contribution < 1.29 is 13.6 Å². The number of carbonyl (C=O) groups is 1. The molecule has 0 unspecified atom stereocenters. The number of alkyl halides is 2. The predicted molar refractivity (Wildman–Crippen MR) is 55.3 cm³/mol. The Morgan fingerprint density at radius 1 is 1.56 bits per heavy atom. The van der Waals surface area contributed by atoms with Gasteiger partial charge in [0, 0.05) is 6.20 Å². The van der Waals surface area contributed by atoms with Crippen LogP contribution < -0.4 is 0 Å². The van der Waals surface area contributed by atoms with E-state index in [0.717, 1.165) is 4.90 Å². The molecule has 86 valence electrons. The molecule has 2 rings (SSSR count). The van der Waals surface area contributed by atoms with E-state index in [2.05, 4.69) is 25.9 Å². The van der Waals surface area contributed by atoms with E-state index >= 15 is 0 Å². The molecular formula is C9H8BrF2N3O. The van der Waals surface area contributed by atoms with Crippen LogP contribution in [0, 0.1) is 6.92 Å². The maximum absolute atomic E-state index is 12.6. The van der Waals surface area contributed by atoms with Gasteiger partial charge >= 0.3 is 0 Å². The number of hydrogen-bond donors (Lipinski definition) is 0. The van der Waals surface area contributed by atoms with E-state index in [0.29, 0.717) is 10.3 Å². The van der Waals surface area contributed by atoms with Gasteiger partial charge in [-0.2, -0.15) is 0 Å². The highest BCUT2D eigenvalue weighted by atomic mass is 79.9. The number of nitrogens with zero attached hydrogens (tertiary/aromatic N) is 3. The quantitative estimate of drug-likeness (QED) is 0.790. The molecule has 0 bridgehead atoms. The van der Waals surface area contributed by atoms with Crippen LogP contribution in [0.2, 0.25) is 0 Å². The molecule has 0 spiro atoms. The second kappa shape index (κ2) is 3.73.